The van der Waals surface area contributed by atoms with Gasteiger partial charge in [-0.1, -0.05) is 54.1 Å². The highest BCUT2D eigenvalue weighted by Gasteiger charge is 2.15. The second kappa shape index (κ2) is 16.6. The maximum atomic E-state index is 12.4. The minimum absolute atomic E-state index is 0.0549. The smallest absolute Gasteiger partial charge is 0.227 e. The minimum atomic E-state index is 0.0549. The Labute approximate surface area is 292 Å². The number of halogens is 1. The Balaban J connectivity index is 1.00. The highest BCUT2D eigenvalue weighted by atomic mass is 35.5. The van der Waals surface area contributed by atoms with E-state index in [1.165, 1.54) is 5.56 Å². The number of nitrogens with zero attached hydrogens (tertiary/aromatic N) is 5. The van der Waals surface area contributed by atoms with Crippen LogP contribution in [-0.2, 0) is 24.1 Å². The number of ketones is 1. The molecule has 0 bridgehead atoms. The van der Waals surface area contributed by atoms with Crippen LogP contribution in [0, 0.1) is 0 Å². The largest absolute Gasteiger partial charge is 0.495 e. The molecule has 254 valence electrons. The standard InChI is InChI=1S/C38H42ClN7O3/c1-45-19-21-46(22-20-45)18-16-28-9-13-34(36(24-28)48-2)44-38-40-26-31(39)32(43-38)17-23-49-30-12-14-33-35(25-30)42-37(41-33)15-11-29(47)10-8-27-6-4-3-5-7-27/h3-10,12-14,24-26H,11,15-23H2,1-2H3,(H,41,42)(H,40,43,44)/b10-8+. The number of allylic oxidation sites excluding steroid dienone is 1. The molecule has 11 heteroatoms. The first-order valence-electron chi connectivity index (χ1n) is 16.7. The summed E-state index contributed by atoms with van der Waals surface area (Å²) in [5.74, 6) is 2.69. The van der Waals surface area contributed by atoms with Crippen LogP contribution in [0.4, 0.5) is 11.6 Å². The highest BCUT2D eigenvalue weighted by molar-refractivity contribution is 6.31. The number of benzene rings is 3. The van der Waals surface area contributed by atoms with E-state index in [9.17, 15) is 4.79 Å². The van der Waals surface area contributed by atoms with Gasteiger partial charge in [0, 0.05) is 58.1 Å². The van der Waals surface area contributed by atoms with E-state index in [0.29, 0.717) is 48.3 Å². The number of carbonyl (C=O) groups is 1. The van der Waals surface area contributed by atoms with Gasteiger partial charge in [-0.3, -0.25) is 4.79 Å². The van der Waals surface area contributed by atoms with Crippen molar-refractivity contribution in [2.75, 3.05) is 58.8 Å². The SMILES string of the molecule is COc1cc(CCN2CCN(C)CC2)ccc1Nc1ncc(Cl)c(CCOc2ccc3nc(CCC(=O)/C=C/c4ccccc4)[nH]c3c2)n1. The second-order valence-electron chi connectivity index (χ2n) is 12.2. The third kappa shape index (κ3) is 9.66. The topological polar surface area (TPSA) is 108 Å². The fourth-order valence-electron chi connectivity index (χ4n) is 5.71. The average Bonchev–Trinajstić information content (AvgIpc) is 3.54. The number of piperazine rings is 1. The van der Waals surface area contributed by atoms with Crippen LogP contribution in [0.5, 0.6) is 11.5 Å². The Hall–Kier alpha value is -4.77. The van der Waals surface area contributed by atoms with Gasteiger partial charge in [-0.25, -0.2) is 15.0 Å². The molecule has 0 aliphatic carbocycles. The van der Waals surface area contributed by atoms with Crippen LogP contribution in [0.25, 0.3) is 17.1 Å². The third-order valence-electron chi connectivity index (χ3n) is 8.62. The number of aromatic amines is 1. The van der Waals surface area contributed by atoms with Gasteiger partial charge in [-0.15, -0.1) is 0 Å². The molecular formula is C38H42ClN7O3. The van der Waals surface area contributed by atoms with Crippen molar-refractivity contribution in [1.29, 1.82) is 0 Å². The maximum absolute atomic E-state index is 12.4. The molecule has 1 fully saturated rings. The van der Waals surface area contributed by atoms with Crippen LogP contribution in [-0.4, -0.2) is 89.0 Å². The average molecular weight is 680 g/mol. The number of hydrogen-bond acceptors (Lipinski definition) is 9. The highest BCUT2D eigenvalue weighted by Crippen LogP contribution is 2.29. The van der Waals surface area contributed by atoms with Crippen LogP contribution >= 0.6 is 11.6 Å². The monoisotopic (exact) mass is 679 g/mol. The number of rotatable bonds is 15. The van der Waals surface area contributed by atoms with E-state index >= 15 is 0 Å². The Morgan fingerprint density at radius 3 is 2.65 bits per heavy atom. The Kier molecular flexibility index (Phi) is 11.5. The normalized spacial score (nSPS) is 14.0. The number of ether oxygens (including phenoxy) is 2. The van der Waals surface area contributed by atoms with Crippen molar-refractivity contribution in [2.45, 2.75) is 25.7 Å². The van der Waals surface area contributed by atoms with Gasteiger partial charge in [0.1, 0.15) is 17.3 Å². The number of aryl methyl sites for hydroxylation is 1. The molecule has 0 radical (unpaired) electrons. The van der Waals surface area contributed by atoms with Gasteiger partial charge in [0.15, 0.2) is 5.78 Å². The van der Waals surface area contributed by atoms with Gasteiger partial charge < -0.3 is 29.6 Å². The van der Waals surface area contributed by atoms with Gasteiger partial charge in [-0.2, -0.15) is 0 Å². The molecule has 6 rings (SSSR count). The second-order valence-corrected chi connectivity index (χ2v) is 12.6. The summed E-state index contributed by atoms with van der Waals surface area (Å²) in [6.07, 6.45) is 7.41. The summed E-state index contributed by atoms with van der Waals surface area (Å²) in [5.41, 5.74) is 5.37. The number of likely N-dealkylation sites (N-methyl/N-ethyl adjacent to an activating group) is 1. The Bertz CT molecular complexity index is 1890. The predicted molar refractivity (Wildman–Crippen MR) is 195 cm³/mol. The Morgan fingerprint density at radius 1 is 1.00 bits per heavy atom. The molecule has 1 aliphatic rings. The molecule has 0 amide bonds. The van der Waals surface area contributed by atoms with E-state index in [-0.39, 0.29) is 5.78 Å². The zero-order valence-corrected chi connectivity index (χ0v) is 28.7. The summed E-state index contributed by atoms with van der Waals surface area (Å²) in [6.45, 7) is 5.84. The number of carbonyl (C=O) groups excluding carboxylic acids is 1. The van der Waals surface area contributed by atoms with Gasteiger partial charge >= 0.3 is 0 Å². The number of aromatic nitrogens is 4. The molecule has 0 spiro atoms. The molecule has 0 saturated carbocycles. The van der Waals surface area contributed by atoms with Crippen molar-refractivity contribution in [3.05, 3.63) is 107 Å². The number of fused-ring (bicyclic) bond motifs is 1. The van der Waals surface area contributed by atoms with E-state index in [1.807, 2.05) is 60.7 Å². The molecule has 2 aromatic heterocycles. The first-order chi connectivity index (χ1) is 23.9. The third-order valence-corrected chi connectivity index (χ3v) is 8.94. The number of methoxy groups -OCH3 is 1. The molecule has 0 unspecified atom stereocenters. The van der Waals surface area contributed by atoms with E-state index < -0.39 is 0 Å². The number of hydrogen-bond donors (Lipinski definition) is 2. The molecule has 3 aromatic carbocycles. The van der Waals surface area contributed by atoms with Gasteiger partial charge in [0.05, 0.1) is 47.4 Å². The number of imidazole rings is 1. The first-order valence-corrected chi connectivity index (χ1v) is 17.0. The van der Waals surface area contributed by atoms with Crippen LogP contribution in [0.3, 0.4) is 0 Å². The van der Waals surface area contributed by atoms with Crippen molar-refractivity contribution in [1.82, 2.24) is 29.7 Å². The molecule has 3 heterocycles. The molecule has 5 aromatic rings. The summed E-state index contributed by atoms with van der Waals surface area (Å²) < 4.78 is 11.8. The fourth-order valence-corrected chi connectivity index (χ4v) is 5.89. The Morgan fingerprint density at radius 2 is 1.84 bits per heavy atom. The minimum Gasteiger partial charge on any atom is -0.495 e. The van der Waals surface area contributed by atoms with Crippen molar-refractivity contribution in [2.24, 2.45) is 0 Å². The summed E-state index contributed by atoms with van der Waals surface area (Å²) >= 11 is 6.47. The number of nitrogens with one attached hydrogen (secondary N) is 2. The molecule has 10 nitrogen and oxygen atoms in total. The quantitative estimate of drug-likeness (QED) is 0.122. The van der Waals surface area contributed by atoms with Crippen LogP contribution in [0.15, 0.2) is 79.0 Å². The predicted octanol–water partition coefficient (Wildman–Crippen LogP) is 6.39. The van der Waals surface area contributed by atoms with Crippen LogP contribution in [0.1, 0.15) is 29.1 Å². The summed E-state index contributed by atoms with van der Waals surface area (Å²) in [7, 11) is 3.85. The zero-order chi connectivity index (χ0) is 34.0. The number of H-pyrrole nitrogens is 1. The fraction of sp³-hybridized carbons (Fsp3) is 0.316. The van der Waals surface area contributed by atoms with Gasteiger partial charge in [-0.05, 0) is 54.9 Å². The summed E-state index contributed by atoms with van der Waals surface area (Å²) in [5, 5.41) is 3.77. The van der Waals surface area contributed by atoms with E-state index in [4.69, 9.17) is 21.1 Å². The lowest BCUT2D eigenvalue weighted by atomic mass is 10.1. The summed E-state index contributed by atoms with van der Waals surface area (Å²) in [6, 6.07) is 21.7. The lowest BCUT2D eigenvalue weighted by molar-refractivity contribution is -0.114. The molecule has 1 saturated heterocycles. The van der Waals surface area contributed by atoms with Crippen molar-refractivity contribution in [3.8, 4) is 11.5 Å². The number of anilines is 2. The molecule has 0 atom stereocenters. The van der Waals surface area contributed by atoms with E-state index in [1.54, 1.807) is 19.4 Å². The molecule has 49 heavy (non-hydrogen) atoms. The molecule has 2 N–H and O–H groups in total. The van der Waals surface area contributed by atoms with Crippen molar-refractivity contribution in [3.63, 3.8) is 0 Å². The molecular weight excluding hydrogens is 638 g/mol. The van der Waals surface area contributed by atoms with Crippen LogP contribution < -0.4 is 14.8 Å². The zero-order valence-electron chi connectivity index (χ0n) is 28.0. The van der Waals surface area contributed by atoms with E-state index in [0.717, 1.165) is 73.0 Å². The lowest BCUT2D eigenvalue weighted by Gasteiger charge is -2.32. The van der Waals surface area contributed by atoms with Crippen molar-refractivity contribution >= 4 is 46.1 Å². The summed E-state index contributed by atoms with van der Waals surface area (Å²) in [4.78, 5) is 34.3. The lowest BCUT2D eigenvalue weighted by Crippen LogP contribution is -2.45. The van der Waals surface area contributed by atoms with Gasteiger partial charge in [0.25, 0.3) is 0 Å². The maximum Gasteiger partial charge on any atom is 0.227 e. The van der Waals surface area contributed by atoms with Crippen LogP contribution in [0.2, 0.25) is 5.02 Å². The molecule has 1 aliphatic heterocycles. The van der Waals surface area contributed by atoms with Gasteiger partial charge in [0.2, 0.25) is 5.95 Å². The van der Waals surface area contributed by atoms with Crippen molar-refractivity contribution < 1.29 is 14.3 Å². The van der Waals surface area contributed by atoms with E-state index in [2.05, 4.69) is 54.2 Å². The first kappa shape index (κ1) is 34.1.